The summed E-state index contributed by atoms with van der Waals surface area (Å²) < 4.78 is 29.7. The summed E-state index contributed by atoms with van der Waals surface area (Å²) in [5.41, 5.74) is -0.604. The summed E-state index contributed by atoms with van der Waals surface area (Å²) in [5, 5.41) is 0. The van der Waals surface area contributed by atoms with Gasteiger partial charge in [0, 0.05) is 5.92 Å². The fraction of sp³-hybridized carbons (Fsp3) is 0.700. The van der Waals surface area contributed by atoms with Crippen LogP contribution < -0.4 is 4.72 Å². The summed E-state index contributed by atoms with van der Waals surface area (Å²) >= 11 is 0. The first-order valence-electron chi connectivity index (χ1n) is 5.25. The van der Waals surface area contributed by atoms with Crippen LogP contribution in [0.2, 0.25) is 0 Å². The lowest BCUT2D eigenvalue weighted by molar-refractivity contribution is -0.120. The molecule has 0 saturated heterocycles. The molecule has 0 aromatic heterocycles. The van der Waals surface area contributed by atoms with Crippen molar-refractivity contribution in [3.8, 4) is 0 Å². The molecule has 0 radical (unpaired) electrons. The largest absolute Gasteiger partial charge is 0.362 e. The van der Waals surface area contributed by atoms with Crippen LogP contribution in [0, 0.1) is 11.8 Å². The van der Waals surface area contributed by atoms with Gasteiger partial charge in [-0.3, -0.25) is 4.79 Å². The molecule has 6 heteroatoms. The van der Waals surface area contributed by atoms with E-state index < -0.39 is 21.8 Å². The molecule has 2 fully saturated rings. The van der Waals surface area contributed by atoms with Crippen molar-refractivity contribution in [1.82, 2.24) is 4.72 Å². The number of nitrogens with one attached hydrogen (secondary N) is 1. The molecule has 2 unspecified atom stereocenters. The number of amides is 1. The van der Waals surface area contributed by atoms with Gasteiger partial charge in [-0.25, -0.2) is 8.91 Å². The van der Waals surface area contributed by atoms with E-state index in [0.717, 1.165) is 0 Å². The molecular formula is C10H15NO4S. The van der Waals surface area contributed by atoms with E-state index in [1.54, 1.807) is 13.0 Å². The van der Waals surface area contributed by atoms with Crippen molar-refractivity contribution in [3.05, 3.63) is 12.7 Å². The maximum absolute atomic E-state index is 11.5. The first-order chi connectivity index (χ1) is 7.35. The van der Waals surface area contributed by atoms with Gasteiger partial charge in [-0.1, -0.05) is 6.08 Å². The van der Waals surface area contributed by atoms with Gasteiger partial charge in [-0.15, -0.1) is 6.58 Å². The first-order valence-corrected chi connectivity index (χ1v) is 6.66. The van der Waals surface area contributed by atoms with Crippen LogP contribution >= 0.6 is 0 Å². The average Bonchev–Trinajstić information content (AvgIpc) is 3.00. The van der Waals surface area contributed by atoms with Gasteiger partial charge < -0.3 is 0 Å². The highest BCUT2D eigenvalue weighted by atomic mass is 32.2. The van der Waals surface area contributed by atoms with Gasteiger partial charge in [0.1, 0.15) is 0 Å². The number of hydrogen-bond donors (Lipinski definition) is 1. The lowest BCUT2D eigenvalue weighted by Crippen LogP contribution is -2.35. The second-order valence-electron chi connectivity index (χ2n) is 4.70. The topological polar surface area (TPSA) is 72.5 Å². The number of carbonyl (C=O) groups excluding carboxylic acids is 1. The molecule has 1 amide bonds. The molecule has 0 aromatic carbocycles. The van der Waals surface area contributed by atoms with Crippen molar-refractivity contribution in [2.75, 3.05) is 0 Å². The Morgan fingerprint density at radius 3 is 2.62 bits per heavy atom. The lowest BCUT2D eigenvalue weighted by atomic mass is 10.3. The van der Waals surface area contributed by atoms with E-state index in [0.29, 0.717) is 19.3 Å². The molecule has 90 valence electrons. The van der Waals surface area contributed by atoms with Crippen LogP contribution in [0.1, 0.15) is 26.2 Å². The molecule has 5 nitrogen and oxygen atoms in total. The predicted molar refractivity (Wildman–Crippen MR) is 57.6 cm³/mol. The maximum Gasteiger partial charge on any atom is 0.362 e. The van der Waals surface area contributed by atoms with Gasteiger partial charge in [-0.05, 0) is 32.1 Å². The zero-order chi connectivity index (χ0) is 12.0. The molecule has 0 heterocycles. The van der Waals surface area contributed by atoms with Crippen molar-refractivity contribution in [2.45, 2.75) is 31.8 Å². The number of rotatable bonds is 5. The van der Waals surface area contributed by atoms with Gasteiger partial charge in [0.15, 0.2) is 0 Å². The fourth-order valence-corrected chi connectivity index (χ4v) is 2.66. The van der Waals surface area contributed by atoms with E-state index >= 15 is 0 Å². The minimum atomic E-state index is -3.95. The smallest absolute Gasteiger partial charge is 0.274 e. The van der Waals surface area contributed by atoms with Gasteiger partial charge in [-0.2, -0.15) is 8.42 Å². The molecule has 2 aliphatic carbocycles. The Morgan fingerprint density at radius 2 is 2.19 bits per heavy atom. The highest BCUT2D eigenvalue weighted by Gasteiger charge is 2.46. The van der Waals surface area contributed by atoms with Crippen molar-refractivity contribution < 1.29 is 17.4 Å². The van der Waals surface area contributed by atoms with Crippen molar-refractivity contribution in [1.29, 1.82) is 0 Å². The Labute approximate surface area is 95.1 Å². The van der Waals surface area contributed by atoms with Crippen molar-refractivity contribution in [2.24, 2.45) is 11.8 Å². The number of allylic oxidation sites excluding steroid dienone is 1. The van der Waals surface area contributed by atoms with Gasteiger partial charge >= 0.3 is 10.3 Å². The Bertz CT molecular complexity index is 424. The normalized spacial score (nSPS) is 30.6. The van der Waals surface area contributed by atoms with Crippen LogP contribution in [-0.4, -0.2) is 19.9 Å². The number of hydrogen-bond acceptors (Lipinski definition) is 4. The Balaban J connectivity index is 1.89. The number of carbonyl (C=O) groups is 1. The molecule has 2 aliphatic rings. The van der Waals surface area contributed by atoms with Crippen molar-refractivity contribution in [3.63, 3.8) is 0 Å². The summed E-state index contributed by atoms with van der Waals surface area (Å²) in [6.07, 6.45) is 3.75. The highest BCUT2D eigenvalue weighted by Crippen LogP contribution is 2.41. The van der Waals surface area contributed by atoms with Crippen LogP contribution in [0.3, 0.4) is 0 Å². The molecule has 16 heavy (non-hydrogen) atoms. The standard InChI is InChI=1S/C10H15NO4S/c1-3-7-6-8(7)9(12)11-16(13,14)15-10(2)4-5-10/h3,7-8H,1,4-6H2,2H3,(H,11,12). The lowest BCUT2D eigenvalue weighted by Gasteiger charge is -2.11. The predicted octanol–water partition coefficient (Wildman–Crippen LogP) is 0.739. The van der Waals surface area contributed by atoms with Gasteiger partial charge in [0.2, 0.25) is 5.91 Å². The molecule has 0 aromatic rings. The summed E-state index contributed by atoms with van der Waals surface area (Å²) in [4.78, 5) is 11.5. The van der Waals surface area contributed by atoms with Crippen LogP contribution in [0.4, 0.5) is 0 Å². The first kappa shape index (κ1) is 11.6. The molecular weight excluding hydrogens is 230 g/mol. The molecule has 0 bridgehead atoms. The van der Waals surface area contributed by atoms with Crippen molar-refractivity contribution >= 4 is 16.2 Å². The Morgan fingerprint density at radius 1 is 1.56 bits per heavy atom. The van der Waals surface area contributed by atoms with Crippen LogP contribution in [0.15, 0.2) is 12.7 Å². The summed E-state index contributed by atoms with van der Waals surface area (Å²) in [6, 6.07) is 0. The second-order valence-corrected chi connectivity index (χ2v) is 5.97. The van der Waals surface area contributed by atoms with E-state index in [-0.39, 0.29) is 11.8 Å². The Hall–Kier alpha value is -0.880. The second kappa shape index (κ2) is 3.56. The van der Waals surface area contributed by atoms with E-state index in [2.05, 4.69) is 6.58 Å². The highest BCUT2D eigenvalue weighted by molar-refractivity contribution is 7.85. The third-order valence-electron chi connectivity index (χ3n) is 2.97. The zero-order valence-corrected chi connectivity index (χ0v) is 9.92. The van der Waals surface area contributed by atoms with Crippen LogP contribution in [0.25, 0.3) is 0 Å². The van der Waals surface area contributed by atoms with Gasteiger partial charge in [0.25, 0.3) is 0 Å². The maximum atomic E-state index is 11.5. The summed E-state index contributed by atoms with van der Waals surface area (Å²) in [7, 11) is -3.95. The molecule has 2 saturated carbocycles. The zero-order valence-electron chi connectivity index (χ0n) is 9.10. The minimum Gasteiger partial charge on any atom is -0.274 e. The molecule has 0 spiro atoms. The molecule has 2 rings (SSSR count). The van der Waals surface area contributed by atoms with Gasteiger partial charge in [0.05, 0.1) is 5.60 Å². The quantitative estimate of drug-likeness (QED) is 0.725. The van der Waals surface area contributed by atoms with Crippen LogP contribution in [-0.2, 0) is 19.3 Å². The SMILES string of the molecule is C=CC1CC1C(=O)NS(=O)(=O)OC1(C)CC1. The summed E-state index contributed by atoms with van der Waals surface area (Å²) in [5.74, 6) is -0.649. The third-order valence-corrected chi connectivity index (χ3v) is 4.04. The fourth-order valence-electron chi connectivity index (χ4n) is 1.52. The molecule has 0 aliphatic heterocycles. The average molecular weight is 245 g/mol. The van der Waals surface area contributed by atoms with Crippen LogP contribution in [0.5, 0.6) is 0 Å². The van der Waals surface area contributed by atoms with E-state index in [1.807, 2.05) is 4.72 Å². The minimum absolute atomic E-state index is 0.103. The third kappa shape index (κ3) is 2.62. The molecule has 2 atom stereocenters. The van der Waals surface area contributed by atoms with E-state index in [4.69, 9.17) is 4.18 Å². The molecule has 1 N–H and O–H groups in total. The van der Waals surface area contributed by atoms with E-state index in [1.165, 1.54) is 0 Å². The van der Waals surface area contributed by atoms with E-state index in [9.17, 15) is 13.2 Å². The summed E-state index contributed by atoms with van der Waals surface area (Å²) in [6.45, 7) is 5.27. The monoisotopic (exact) mass is 245 g/mol. The Kier molecular flexibility index (Phi) is 2.58.